The normalized spacial score (nSPS) is 19.5. The Morgan fingerprint density at radius 3 is 2.44 bits per heavy atom. The third kappa shape index (κ3) is 5.98. The molecule has 2 aliphatic rings. The standard InChI is InChI=1S/C21H31N3O2S/c1-27-19-8-6-7-18(15-19)22-20(25)16-23-13-9-17(10-14-23)21(26)24-11-4-2-3-5-12-24/h6-8,15,17H,2-5,9-14,16H2,1H3,(H,22,25). The van der Waals surface area contributed by atoms with Crippen molar-refractivity contribution >= 4 is 29.3 Å². The topological polar surface area (TPSA) is 52.7 Å². The van der Waals surface area contributed by atoms with Gasteiger partial charge >= 0.3 is 0 Å². The van der Waals surface area contributed by atoms with Gasteiger partial charge in [-0.2, -0.15) is 0 Å². The van der Waals surface area contributed by atoms with E-state index in [4.69, 9.17) is 0 Å². The molecule has 2 fully saturated rings. The second kappa shape index (κ2) is 10.1. The number of rotatable bonds is 5. The number of carbonyl (C=O) groups is 2. The summed E-state index contributed by atoms with van der Waals surface area (Å²) in [6.07, 6.45) is 8.53. The van der Waals surface area contributed by atoms with Crippen LogP contribution >= 0.6 is 11.8 Å². The van der Waals surface area contributed by atoms with Gasteiger partial charge in [-0.1, -0.05) is 18.9 Å². The van der Waals surface area contributed by atoms with Gasteiger partial charge in [-0.15, -0.1) is 11.8 Å². The number of nitrogens with zero attached hydrogens (tertiary/aromatic N) is 2. The van der Waals surface area contributed by atoms with Gasteiger partial charge in [0.2, 0.25) is 11.8 Å². The lowest BCUT2D eigenvalue weighted by Gasteiger charge is -2.33. The molecular formula is C21H31N3O2S. The number of nitrogens with one attached hydrogen (secondary N) is 1. The highest BCUT2D eigenvalue weighted by molar-refractivity contribution is 7.98. The molecular weight excluding hydrogens is 358 g/mol. The van der Waals surface area contributed by atoms with E-state index in [1.54, 1.807) is 11.8 Å². The molecule has 0 aromatic heterocycles. The van der Waals surface area contributed by atoms with Crippen LogP contribution in [0.1, 0.15) is 38.5 Å². The Kier molecular flexibility index (Phi) is 7.59. The first kappa shape index (κ1) is 20.2. The van der Waals surface area contributed by atoms with Crippen LogP contribution in [0.4, 0.5) is 5.69 Å². The first-order valence-corrected chi connectivity index (χ1v) is 11.3. The predicted octanol–water partition coefficient (Wildman–Crippen LogP) is 3.46. The number of amides is 2. The van der Waals surface area contributed by atoms with Crippen molar-refractivity contribution in [1.82, 2.24) is 9.80 Å². The Labute approximate surface area is 166 Å². The Bertz CT molecular complexity index is 636. The fourth-order valence-corrected chi connectivity index (χ4v) is 4.45. The highest BCUT2D eigenvalue weighted by Crippen LogP contribution is 2.22. The van der Waals surface area contributed by atoms with Crippen molar-refractivity contribution in [2.75, 3.05) is 44.3 Å². The van der Waals surface area contributed by atoms with Gasteiger partial charge in [0.1, 0.15) is 0 Å². The van der Waals surface area contributed by atoms with Crippen molar-refractivity contribution in [3.8, 4) is 0 Å². The Hall–Kier alpha value is -1.53. The zero-order valence-corrected chi connectivity index (χ0v) is 17.1. The summed E-state index contributed by atoms with van der Waals surface area (Å²) in [7, 11) is 0. The average molecular weight is 390 g/mol. The molecule has 1 aromatic carbocycles. The lowest BCUT2D eigenvalue weighted by molar-refractivity contribution is -0.137. The molecule has 5 nitrogen and oxygen atoms in total. The minimum atomic E-state index is 0.0190. The summed E-state index contributed by atoms with van der Waals surface area (Å²) in [6.45, 7) is 3.90. The third-order valence-corrected chi connectivity index (χ3v) is 6.30. The zero-order chi connectivity index (χ0) is 19.1. The number of anilines is 1. The summed E-state index contributed by atoms with van der Waals surface area (Å²) in [5.41, 5.74) is 0.845. The van der Waals surface area contributed by atoms with Crippen LogP contribution in [0.2, 0.25) is 0 Å². The minimum absolute atomic E-state index is 0.0190. The third-order valence-electron chi connectivity index (χ3n) is 5.58. The number of likely N-dealkylation sites (tertiary alicyclic amines) is 2. The number of hydrogen-bond acceptors (Lipinski definition) is 4. The van der Waals surface area contributed by atoms with Crippen LogP contribution in [0.5, 0.6) is 0 Å². The molecule has 2 amide bonds. The van der Waals surface area contributed by atoms with Crippen molar-refractivity contribution < 1.29 is 9.59 Å². The SMILES string of the molecule is CSc1cccc(NC(=O)CN2CCC(C(=O)N3CCCCCC3)CC2)c1. The van der Waals surface area contributed by atoms with Crippen molar-refractivity contribution in [2.45, 2.75) is 43.4 Å². The van der Waals surface area contributed by atoms with Crippen molar-refractivity contribution in [3.05, 3.63) is 24.3 Å². The maximum Gasteiger partial charge on any atom is 0.238 e. The zero-order valence-electron chi connectivity index (χ0n) is 16.3. The van der Waals surface area contributed by atoms with E-state index in [9.17, 15) is 9.59 Å². The first-order valence-electron chi connectivity index (χ1n) is 10.1. The van der Waals surface area contributed by atoms with E-state index >= 15 is 0 Å². The molecule has 148 valence electrons. The predicted molar refractivity (Wildman–Crippen MR) is 111 cm³/mol. The molecule has 0 radical (unpaired) electrons. The molecule has 2 aliphatic heterocycles. The molecule has 2 saturated heterocycles. The van der Waals surface area contributed by atoms with E-state index in [0.717, 1.165) is 62.4 Å². The summed E-state index contributed by atoms with van der Waals surface area (Å²) < 4.78 is 0. The molecule has 0 aliphatic carbocycles. The van der Waals surface area contributed by atoms with Gasteiger partial charge in [0, 0.05) is 29.6 Å². The molecule has 3 rings (SSSR count). The monoisotopic (exact) mass is 389 g/mol. The number of hydrogen-bond donors (Lipinski definition) is 1. The summed E-state index contributed by atoms with van der Waals surface area (Å²) in [5, 5.41) is 2.99. The quantitative estimate of drug-likeness (QED) is 0.784. The van der Waals surface area contributed by atoms with Gasteiger partial charge < -0.3 is 10.2 Å². The van der Waals surface area contributed by atoms with E-state index in [0.29, 0.717) is 12.5 Å². The molecule has 1 aromatic rings. The number of benzene rings is 1. The van der Waals surface area contributed by atoms with Crippen LogP contribution in [0, 0.1) is 5.92 Å². The summed E-state index contributed by atoms with van der Waals surface area (Å²) in [6, 6.07) is 7.91. The van der Waals surface area contributed by atoms with Crippen molar-refractivity contribution in [2.24, 2.45) is 5.92 Å². The molecule has 6 heteroatoms. The van der Waals surface area contributed by atoms with Crippen LogP contribution < -0.4 is 5.32 Å². The highest BCUT2D eigenvalue weighted by atomic mass is 32.2. The van der Waals surface area contributed by atoms with Crippen LogP contribution in [-0.4, -0.2) is 60.6 Å². The highest BCUT2D eigenvalue weighted by Gasteiger charge is 2.29. The van der Waals surface area contributed by atoms with Gasteiger partial charge in [-0.3, -0.25) is 14.5 Å². The Balaban J connectivity index is 1.43. The molecule has 27 heavy (non-hydrogen) atoms. The maximum atomic E-state index is 12.8. The van der Waals surface area contributed by atoms with E-state index in [-0.39, 0.29) is 11.8 Å². The number of thioether (sulfide) groups is 1. The van der Waals surface area contributed by atoms with Crippen LogP contribution in [0.3, 0.4) is 0 Å². The van der Waals surface area contributed by atoms with Gasteiger partial charge in [0.05, 0.1) is 6.54 Å². The maximum absolute atomic E-state index is 12.8. The van der Waals surface area contributed by atoms with Crippen LogP contribution in [0.25, 0.3) is 0 Å². The van der Waals surface area contributed by atoms with E-state index in [1.807, 2.05) is 30.5 Å². The van der Waals surface area contributed by atoms with E-state index in [1.165, 1.54) is 12.8 Å². The number of carbonyl (C=O) groups excluding carboxylic acids is 2. The van der Waals surface area contributed by atoms with Gasteiger partial charge in [-0.05, 0) is 63.2 Å². The molecule has 2 heterocycles. The minimum Gasteiger partial charge on any atom is -0.342 e. The van der Waals surface area contributed by atoms with E-state index in [2.05, 4.69) is 15.1 Å². The number of piperidine rings is 1. The fraction of sp³-hybridized carbons (Fsp3) is 0.619. The first-order chi connectivity index (χ1) is 13.2. The van der Waals surface area contributed by atoms with Crippen molar-refractivity contribution in [3.63, 3.8) is 0 Å². The summed E-state index contributed by atoms with van der Waals surface area (Å²) >= 11 is 1.66. The van der Waals surface area contributed by atoms with Gasteiger partial charge in [0.25, 0.3) is 0 Å². The molecule has 0 saturated carbocycles. The molecule has 0 bridgehead atoms. The average Bonchev–Trinajstić information content (AvgIpc) is 2.97. The molecule has 0 spiro atoms. The van der Waals surface area contributed by atoms with E-state index < -0.39 is 0 Å². The lowest BCUT2D eigenvalue weighted by atomic mass is 9.95. The second-order valence-electron chi connectivity index (χ2n) is 7.57. The van der Waals surface area contributed by atoms with Gasteiger partial charge in [0.15, 0.2) is 0 Å². The summed E-state index contributed by atoms with van der Waals surface area (Å²) in [4.78, 5) is 30.5. The smallest absolute Gasteiger partial charge is 0.238 e. The van der Waals surface area contributed by atoms with Gasteiger partial charge in [-0.25, -0.2) is 0 Å². The second-order valence-corrected chi connectivity index (χ2v) is 8.45. The molecule has 0 unspecified atom stereocenters. The van der Waals surface area contributed by atoms with Crippen LogP contribution in [0.15, 0.2) is 29.2 Å². The Morgan fingerprint density at radius 2 is 1.78 bits per heavy atom. The lowest BCUT2D eigenvalue weighted by Crippen LogP contribution is -2.44. The van der Waals surface area contributed by atoms with Crippen LogP contribution in [-0.2, 0) is 9.59 Å². The summed E-state index contributed by atoms with van der Waals surface area (Å²) in [5.74, 6) is 0.501. The molecule has 1 N–H and O–H groups in total. The fourth-order valence-electron chi connectivity index (χ4n) is 3.99. The van der Waals surface area contributed by atoms with Crippen molar-refractivity contribution in [1.29, 1.82) is 0 Å². The molecule has 0 atom stereocenters. The Morgan fingerprint density at radius 1 is 1.07 bits per heavy atom. The largest absolute Gasteiger partial charge is 0.342 e.